The normalized spacial score (nSPS) is 11.8. The summed E-state index contributed by atoms with van der Waals surface area (Å²) in [6.07, 6.45) is 0. The van der Waals surface area contributed by atoms with Gasteiger partial charge in [0.1, 0.15) is 6.67 Å². The van der Waals surface area contributed by atoms with Gasteiger partial charge in [-0.1, -0.05) is 18.2 Å². The van der Waals surface area contributed by atoms with Crippen LogP contribution in [0.2, 0.25) is 0 Å². The summed E-state index contributed by atoms with van der Waals surface area (Å²) in [5.41, 5.74) is 0. The predicted molar refractivity (Wildman–Crippen MR) is 165 cm³/mol. The third kappa shape index (κ3) is 28.8. The summed E-state index contributed by atoms with van der Waals surface area (Å²) in [5, 5.41) is 0. The maximum atomic E-state index is 12.0. The minimum atomic E-state index is -3.76. The molecule has 0 unspecified atom stereocenters. The fraction of sp³-hybridized carbons (Fsp3) is 0.800. The van der Waals surface area contributed by atoms with Gasteiger partial charge < -0.3 is 52.1 Å². The van der Waals surface area contributed by atoms with Gasteiger partial charge in [-0.3, -0.25) is 4.18 Å². The molecule has 0 atom stereocenters. The smallest absolute Gasteiger partial charge is 0.297 e. The standard InChI is InChI=1S/C30H53FO14S/c31-6-7-34-8-9-35-10-11-36-12-13-37-14-15-38-16-17-39-18-19-40-20-21-41-22-23-42-24-25-43-26-27-44-28-29-45-46(32,33)30-4-2-1-3-5-30/h1-5H,6-29H2. The average molecular weight is 689 g/mol. The summed E-state index contributed by atoms with van der Waals surface area (Å²) in [6, 6.07) is 7.96. The summed E-state index contributed by atoms with van der Waals surface area (Å²) in [7, 11) is -3.76. The topological polar surface area (TPSA) is 145 Å². The molecule has 0 saturated heterocycles. The molecule has 0 spiro atoms. The van der Waals surface area contributed by atoms with Crippen LogP contribution < -0.4 is 0 Å². The van der Waals surface area contributed by atoms with Gasteiger partial charge in [-0.2, -0.15) is 8.42 Å². The lowest BCUT2D eigenvalue weighted by atomic mass is 10.4. The maximum Gasteiger partial charge on any atom is 0.297 e. The molecule has 14 nitrogen and oxygen atoms in total. The Morgan fingerprint density at radius 1 is 0.370 bits per heavy atom. The van der Waals surface area contributed by atoms with Crippen molar-refractivity contribution in [2.45, 2.75) is 4.90 Å². The second kappa shape index (κ2) is 33.5. The molecule has 46 heavy (non-hydrogen) atoms. The van der Waals surface area contributed by atoms with Crippen molar-refractivity contribution >= 4 is 10.1 Å². The monoisotopic (exact) mass is 688 g/mol. The molecule has 0 radical (unpaired) electrons. The fourth-order valence-electron chi connectivity index (χ4n) is 3.21. The van der Waals surface area contributed by atoms with Crippen molar-refractivity contribution in [3.8, 4) is 0 Å². The number of hydrogen-bond acceptors (Lipinski definition) is 14. The fourth-order valence-corrected chi connectivity index (χ4v) is 4.13. The van der Waals surface area contributed by atoms with Crippen LogP contribution in [0.4, 0.5) is 4.39 Å². The maximum absolute atomic E-state index is 12.0. The number of alkyl halides is 1. The van der Waals surface area contributed by atoms with E-state index in [0.29, 0.717) is 132 Å². The predicted octanol–water partition coefficient (Wildman–Crippen LogP) is 1.54. The van der Waals surface area contributed by atoms with E-state index in [9.17, 15) is 12.8 Å². The quantitative estimate of drug-likeness (QED) is 0.0736. The largest absolute Gasteiger partial charge is 0.377 e. The lowest BCUT2D eigenvalue weighted by molar-refractivity contribution is -0.0278. The number of rotatable bonds is 37. The van der Waals surface area contributed by atoms with Crippen LogP contribution in [-0.2, 0) is 66.4 Å². The van der Waals surface area contributed by atoms with E-state index in [4.69, 9.17) is 56.3 Å². The van der Waals surface area contributed by atoms with Crippen molar-refractivity contribution in [1.29, 1.82) is 0 Å². The molecule has 0 aliphatic rings. The molecule has 0 saturated carbocycles. The molecule has 0 bridgehead atoms. The van der Waals surface area contributed by atoms with Gasteiger partial charge >= 0.3 is 0 Å². The molecule has 0 heterocycles. The van der Waals surface area contributed by atoms with E-state index in [0.717, 1.165) is 0 Å². The first-order valence-electron chi connectivity index (χ1n) is 15.5. The molecule has 1 rings (SSSR count). The lowest BCUT2D eigenvalue weighted by Gasteiger charge is -2.09. The molecule has 270 valence electrons. The first-order chi connectivity index (χ1) is 22.7. The van der Waals surface area contributed by atoms with E-state index in [1.54, 1.807) is 18.2 Å². The van der Waals surface area contributed by atoms with E-state index < -0.39 is 16.8 Å². The SMILES string of the molecule is O=S(=O)(OCCOCCOCCOCCOCCOCCOCCOCCOCCOCCOCCOCCF)c1ccccc1. The van der Waals surface area contributed by atoms with Crippen LogP contribution in [0.3, 0.4) is 0 Å². The first-order valence-corrected chi connectivity index (χ1v) is 16.9. The van der Waals surface area contributed by atoms with Crippen molar-refractivity contribution in [3.63, 3.8) is 0 Å². The molecule has 1 aromatic carbocycles. The molecular weight excluding hydrogens is 635 g/mol. The van der Waals surface area contributed by atoms with Crippen LogP contribution in [0.1, 0.15) is 0 Å². The van der Waals surface area contributed by atoms with Gasteiger partial charge in [0.2, 0.25) is 0 Å². The Bertz CT molecular complexity index is 853. The Balaban J connectivity index is 1.66. The Morgan fingerprint density at radius 3 is 0.870 bits per heavy atom. The number of hydrogen-bond donors (Lipinski definition) is 0. The number of benzene rings is 1. The Kier molecular flexibility index (Phi) is 31.1. The van der Waals surface area contributed by atoms with E-state index in [-0.39, 0.29) is 24.7 Å². The van der Waals surface area contributed by atoms with Gasteiger partial charge in [-0.25, -0.2) is 4.39 Å². The molecule has 0 N–H and O–H groups in total. The van der Waals surface area contributed by atoms with E-state index in [1.165, 1.54) is 12.1 Å². The Morgan fingerprint density at radius 2 is 0.609 bits per heavy atom. The van der Waals surface area contributed by atoms with Gasteiger partial charge in [0.05, 0.1) is 157 Å². The zero-order valence-electron chi connectivity index (χ0n) is 26.9. The van der Waals surface area contributed by atoms with Crippen LogP contribution in [0, 0.1) is 0 Å². The van der Waals surface area contributed by atoms with Gasteiger partial charge in [0.25, 0.3) is 10.1 Å². The minimum Gasteiger partial charge on any atom is -0.377 e. The van der Waals surface area contributed by atoms with Gasteiger partial charge in [-0.05, 0) is 12.1 Å². The number of halogens is 1. The number of ether oxygens (including phenoxy) is 11. The van der Waals surface area contributed by atoms with Crippen molar-refractivity contribution in [3.05, 3.63) is 30.3 Å². The van der Waals surface area contributed by atoms with Gasteiger partial charge in [-0.15, -0.1) is 0 Å². The second-order valence-electron chi connectivity index (χ2n) is 9.01. The summed E-state index contributed by atoms with van der Waals surface area (Å²) in [5.74, 6) is 0. The third-order valence-corrected chi connectivity index (χ3v) is 6.77. The van der Waals surface area contributed by atoms with Crippen LogP contribution in [0.25, 0.3) is 0 Å². The van der Waals surface area contributed by atoms with Crippen molar-refractivity contribution in [2.75, 3.05) is 159 Å². The lowest BCUT2D eigenvalue weighted by Crippen LogP contribution is -2.16. The zero-order valence-corrected chi connectivity index (χ0v) is 27.7. The Hall–Kier alpha value is -1.38. The van der Waals surface area contributed by atoms with Gasteiger partial charge in [0, 0.05) is 0 Å². The summed E-state index contributed by atoms with van der Waals surface area (Å²) < 4.78 is 99.6. The molecule has 0 fully saturated rings. The highest BCUT2D eigenvalue weighted by Crippen LogP contribution is 2.10. The van der Waals surface area contributed by atoms with Crippen LogP contribution in [0.15, 0.2) is 35.2 Å². The van der Waals surface area contributed by atoms with Gasteiger partial charge in [0.15, 0.2) is 0 Å². The second-order valence-corrected chi connectivity index (χ2v) is 10.6. The first kappa shape index (κ1) is 42.6. The van der Waals surface area contributed by atoms with Crippen molar-refractivity contribution in [1.82, 2.24) is 0 Å². The minimum absolute atomic E-state index is 0.0623. The van der Waals surface area contributed by atoms with Crippen molar-refractivity contribution in [2.24, 2.45) is 0 Å². The highest BCUT2D eigenvalue weighted by molar-refractivity contribution is 7.86. The Labute approximate surface area is 273 Å². The highest BCUT2D eigenvalue weighted by Gasteiger charge is 2.13. The van der Waals surface area contributed by atoms with E-state index in [2.05, 4.69) is 0 Å². The molecule has 0 aliphatic carbocycles. The highest BCUT2D eigenvalue weighted by atomic mass is 32.2. The van der Waals surface area contributed by atoms with Crippen LogP contribution >= 0.6 is 0 Å². The summed E-state index contributed by atoms with van der Waals surface area (Å²) in [6.45, 7) is 8.66. The molecule has 16 heteroatoms. The summed E-state index contributed by atoms with van der Waals surface area (Å²) >= 11 is 0. The molecule has 0 aromatic heterocycles. The van der Waals surface area contributed by atoms with E-state index in [1.807, 2.05) is 0 Å². The van der Waals surface area contributed by atoms with Crippen molar-refractivity contribution < 1.29 is 69.1 Å². The van der Waals surface area contributed by atoms with Crippen LogP contribution in [0.5, 0.6) is 0 Å². The third-order valence-electron chi connectivity index (χ3n) is 5.44. The zero-order chi connectivity index (χ0) is 33.1. The molecule has 1 aromatic rings. The molecular formula is C30H53FO14S. The van der Waals surface area contributed by atoms with Crippen LogP contribution in [-0.4, -0.2) is 167 Å². The summed E-state index contributed by atoms with van der Waals surface area (Å²) in [4.78, 5) is 0.117. The molecule has 0 amide bonds. The average Bonchev–Trinajstić information content (AvgIpc) is 3.07. The van der Waals surface area contributed by atoms with E-state index >= 15 is 0 Å². The molecule has 0 aliphatic heterocycles.